The standard InChI is InChI=1S/C12H14N6/c1-9-5-11-12(13-3-4-18(11)16-9)14-6-10-7-15-17(2)8-10/h3-5,7-8H,6H2,1-2H3,(H,13,14). The van der Waals surface area contributed by atoms with Gasteiger partial charge in [0.15, 0.2) is 5.82 Å². The van der Waals surface area contributed by atoms with Crippen molar-refractivity contribution in [3.63, 3.8) is 0 Å². The minimum absolute atomic E-state index is 0.699. The molecule has 0 saturated heterocycles. The summed E-state index contributed by atoms with van der Waals surface area (Å²) in [5, 5.41) is 11.8. The summed E-state index contributed by atoms with van der Waals surface area (Å²) in [5.41, 5.74) is 3.09. The molecule has 92 valence electrons. The molecule has 0 aliphatic carbocycles. The van der Waals surface area contributed by atoms with Crippen LogP contribution in [0.1, 0.15) is 11.3 Å². The van der Waals surface area contributed by atoms with Crippen molar-refractivity contribution >= 4 is 11.3 Å². The molecule has 0 aromatic carbocycles. The maximum absolute atomic E-state index is 4.35. The normalized spacial score (nSPS) is 11.0. The van der Waals surface area contributed by atoms with Crippen LogP contribution >= 0.6 is 0 Å². The second-order valence-corrected chi connectivity index (χ2v) is 4.27. The molecule has 0 unspecified atom stereocenters. The minimum atomic E-state index is 0.699. The molecule has 6 nitrogen and oxygen atoms in total. The second-order valence-electron chi connectivity index (χ2n) is 4.27. The summed E-state index contributed by atoms with van der Waals surface area (Å²) in [7, 11) is 1.91. The first kappa shape index (κ1) is 10.8. The third-order valence-corrected chi connectivity index (χ3v) is 2.73. The number of fused-ring (bicyclic) bond motifs is 1. The average Bonchev–Trinajstić information content (AvgIpc) is 2.91. The van der Waals surface area contributed by atoms with Gasteiger partial charge in [0.1, 0.15) is 5.52 Å². The highest BCUT2D eigenvalue weighted by Gasteiger charge is 2.05. The van der Waals surface area contributed by atoms with Crippen molar-refractivity contribution in [2.75, 3.05) is 5.32 Å². The maximum atomic E-state index is 4.35. The van der Waals surface area contributed by atoms with Crippen LogP contribution in [0.25, 0.3) is 5.52 Å². The van der Waals surface area contributed by atoms with Gasteiger partial charge < -0.3 is 5.32 Å². The zero-order valence-corrected chi connectivity index (χ0v) is 10.3. The van der Waals surface area contributed by atoms with Crippen LogP contribution in [-0.4, -0.2) is 24.4 Å². The van der Waals surface area contributed by atoms with Gasteiger partial charge in [0.25, 0.3) is 0 Å². The summed E-state index contributed by atoms with van der Waals surface area (Å²) in [6, 6.07) is 2.01. The van der Waals surface area contributed by atoms with Crippen molar-refractivity contribution in [3.05, 3.63) is 42.1 Å². The van der Waals surface area contributed by atoms with Crippen LogP contribution < -0.4 is 5.32 Å². The highest BCUT2D eigenvalue weighted by molar-refractivity contribution is 5.67. The van der Waals surface area contributed by atoms with Gasteiger partial charge in [-0.15, -0.1) is 0 Å². The molecular weight excluding hydrogens is 228 g/mol. The zero-order chi connectivity index (χ0) is 12.5. The van der Waals surface area contributed by atoms with E-state index in [0.717, 1.165) is 22.6 Å². The first-order valence-corrected chi connectivity index (χ1v) is 5.75. The first-order valence-electron chi connectivity index (χ1n) is 5.75. The SMILES string of the molecule is Cc1cc2c(NCc3cnn(C)c3)nccn2n1. The van der Waals surface area contributed by atoms with E-state index in [1.54, 1.807) is 10.9 Å². The molecule has 0 bridgehead atoms. The van der Waals surface area contributed by atoms with Gasteiger partial charge in [0.05, 0.1) is 11.9 Å². The van der Waals surface area contributed by atoms with E-state index in [2.05, 4.69) is 20.5 Å². The molecule has 0 aliphatic heterocycles. The highest BCUT2D eigenvalue weighted by atomic mass is 15.2. The van der Waals surface area contributed by atoms with Crippen LogP contribution in [0, 0.1) is 6.92 Å². The van der Waals surface area contributed by atoms with Crippen molar-refractivity contribution in [2.24, 2.45) is 7.05 Å². The second kappa shape index (κ2) is 4.14. The third-order valence-electron chi connectivity index (χ3n) is 2.73. The van der Waals surface area contributed by atoms with Gasteiger partial charge >= 0.3 is 0 Å². The van der Waals surface area contributed by atoms with E-state index in [9.17, 15) is 0 Å². The predicted octanol–water partition coefficient (Wildman–Crippen LogP) is 1.38. The number of hydrogen-bond donors (Lipinski definition) is 1. The lowest BCUT2D eigenvalue weighted by Crippen LogP contribution is -2.02. The van der Waals surface area contributed by atoms with Crippen molar-refractivity contribution in [1.82, 2.24) is 24.4 Å². The number of aryl methyl sites for hydroxylation is 2. The van der Waals surface area contributed by atoms with E-state index in [4.69, 9.17) is 0 Å². The maximum Gasteiger partial charge on any atom is 0.152 e. The molecule has 0 spiro atoms. The smallest absolute Gasteiger partial charge is 0.152 e. The molecule has 18 heavy (non-hydrogen) atoms. The fourth-order valence-electron chi connectivity index (χ4n) is 1.93. The fourth-order valence-corrected chi connectivity index (χ4v) is 1.93. The molecular formula is C12H14N6. The summed E-state index contributed by atoms with van der Waals surface area (Å²) in [6.45, 7) is 2.67. The molecule has 1 N–H and O–H groups in total. The predicted molar refractivity (Wildman–Crippen MR) is 68.3 cm³/mol. The Morgan fingerprint density at radius 3 is 3.06 bits per heavy atom. The van der Waals surface area contributed by atoms with Crippen LogP contribution in [-0.2, 0) is 13.6 Å². The van der Waals surface area contributed by atoms with Gasteiger partial charge in [-0.2, -0.15) is 10.2 Å². The number of hydrogen-bond acceptors (Lipinski definition) is 4. The molecule has 3 heterocycles. The fraction of sp³-hybridized carbons (Fsp3) is 0.250. The Bertz CT molecular complexity index is 681. The van der Waals surface area contributed by atoms with Crippen molar-refractivity contribution in [1.29, 1.82) is 0 Å². The number of anilines is 1. The highest BCUT2D eigenvalue weighted by Crippen LogP contribution is 2.15. The van der Waals surface area contributed by atoms with E-state index in [0.29, 0.717) is 6.54 Å². The van der Waals surface area contributed by atoms with Crippen LogP contribution in [0.5, 0.6) is 0 Å². The molecule has 0 saturated carbocycles. The number of aromatic nitrogens is 5. The third kappa shape index (κ3) is 1.92. The number of nitrogens with one attached hydrogen (secondary N) is 1. The number of rotatable bonds is 3. The largest absolute Gasteiger partial charge is 0.364 e. The van der Waals surface area contributed by atoms with E-state index >= 15 is 0 Å². The Morgan fingerprint density at radius 2 is 2.28 bits per heavy atom. The monoisotopic (exact) mass is 242 g/mol. The quantitative estimate of drug-likeness (QED) is 0.754. The van der Waals surface area contributed by atoms with E-state index in [1.807, 2.05) is 43.1 Å². The molecule has 0 fully saturated rings. The van der Waals surface area contributed by atoms with Crippen molar-refractivity contribution in [3.8, 4) is 0 Å². The van der Waals surface area contributed by atoms with E-state index < -0.39 is 0 Å². The van der Waals surface area contributed by atoms with Gasteiger partial charge in [-0.25, -0.2) is 9.50 Å². The lowest BCUT2D eigenvalue weighted by Gasteiger charge is -2.04. The Kier molecular flexibility index (Phi) is 2.47. The molecule has 3 aromatic rings. The summed E-state index contributed by atoms with van der Waals surface area (Å²) in [6.07, 6.45) is 7.41. The summed E-state index contributed by atoms with van der Waals surface area (Å²) in [4.78, 5) is 4.34. The molecule has 0 atom stereocenters. The van der Waals surface area contributed by atoms with Gasteiger partial charge in [-0.05, 0) is 13.0 Å². The lowest BCUT2D eigenvalue weighted by atomic mass is 10.3. The molecule has 0 radical (unpaired) electrons. The molecule has 0 amide bonds. The summed E-state index contributed by atoms with van der Waals surface area (Å²) >= 11 is 0. The Morgan fingerprint density at radius 1 is 1.39 bits per heavy atom. The molecule has 0 aliphatic rings. The van der Waals surface area contributed by atoms with Gasteiger partial charge in [0.2, 0.25) is 0 Å². The summed E-state index contributed by atoms with van der Waals surface area (Å²) < 4.78 is 3.61. The van der Waals surface area contributed by atoms with Gasteiger partial charge in [0, 0.05) is 37.7 Å². The zero-order valence-electron chi connectivity index (χ0n) is 10.3. The topological polar surface area (TPSA) is 60.0 Å². The number of nitrogens with zero attached hydrogens (tertiary/aromatic N) is 5. The Hall–Kier alpha value is -2.37. The Labute approximate surface area is 104 Å². The molecule has 3 rings (SSSR count). The van der Waals surface area contributed by atoms with E-state index in [1.165, 1.54) is 0 Å². The first-order chi connectivity index (χ1) is 8.72. The van der Waals surface area contributed by atoms with Crippen LogP contribution in [0.15, 0.2) is 30.9 Å². The minimum Gasteiger partial charge on any atom is -0.364 e. The molecule has 6 heteroatoms. The van der Waals surface area contributed by atoms with Crippen LogP contribution in [0.4, 0.5) is 5.82 Å². The summed E-state index contributed by atoms with van der Waals surface area (Å²) in [5.74, 6) is 0.835. The molecule has 3 aromatic heterocycles. The Balaban J connectivity index is 1.86. The van der Waals surface area contributed by atoms with E-state index in [-0.39, 0.29) is 0 Å². The average molecular weight is 242 g/mol. The lowest BCUT2D eigenvalue weighted by molar-refractivity contribution is 0.767. The van der Waals surface area contributed by atoms with Gasteiger partial charge in [-0.1, -0.05) is 0 Å². The van der Waals surface area contributed by atoms with Crippen molar-refractivity contribution < 1.29 is 0 Å². The van der Waals surface area contributed by atoms with Crippen molar-refractivity contribution in [2.45, 2.75) is 13.5 Å². The van der Waals surface area contributed by atoms with Gasteiger partial charge in [-0.3, -0.25) is 4.68 Å². The van der Waals surface area contributed by atoms with Crippen LogP contribution in [0.3, 0.4) is 0 Å². The van der Waals surface area contributed by atoms with Crippen LogP contribution in [0.2, 0.25) is 0 Å².